The van der Waals surface area contributed by atoms with Crippen LogP contribution in [0.25, 0.3) is 5.69 Å². The number of nitrogens with zero attached hydrogens (tertiary/aromatic N) is 4. The number of rotatable bonds is 8. The molecular formula is C19H20FN5O3S. The Kier molecular flexibility index (Phi) is 6.35. The topological polar surface area (TPSA) is 97.2 Å². The van der Waals surface area contributed by atoms with E-state index in [4.69, 9.17) is 0 Å². The smallest absolute Gasteiger partial charge is 0.242 e. The van der Waals surface area contributed by atoms with E-state index in [-0.39, 0.29) is 23.8 Å². The Morgan fingerprint density at radius 3 is 2.45 bits per heavy atom. The first kappa shape index (κ1) is 20.6. The number of carbonyl (C=O) groups excluding carboxylic acids is 1. The van der Waals surface area contributed by atoms with Gasteiger partial charge < -0.3 is 5.32 Å². The fourth-order valence-corrected chi connectivity index (χ4v) is 3.84. The molecule has 152 valence electrons. The molecule has 0 fully saturated rings. The molecule has 0 atom stereocenters. The molecule has 2 aromatic carbocycles. The number of benzene rings is 2. The summed E-state index contributed by atoms with van der Waals surface area (Å²) < 4.78 is 40.6. The highest BCUT2D eigenvalue weighted by Gasteiger charge is 2.20. The molecule has 0 aliphatic carbocycles. The largest absolute Gasteiger partial charge is 0.326 e. The molecule has 0 radical (unpaired) electrons. The molecule has 8 nitrogen and oxygen atoms in total. The Balaban J connectivity index is 1.48. The lowest BCUT2D eigenvalue weighted by Crippen LogP contribution is -2.28. The summed E-state index contributed by atoms with van der Waals surface area (Å²) in [5.74, 6) is -0.719. The van der Waals surface area contributed by atoms with Crippen LogP contribution in [0.2, 0.25) is 0 Å². The highest BCUT2D eigenvalue weighted by molar-refractivity contribution is 7.89. The van der Waals surface area contributed by atoms with Crippen LogP contribution in [0, 0.1) is 5.82 Å². The molecule has 1 heterocycles. The Morgan fingerprint density at radius 2 is 1.83 bits per heavy atom. The summed E-state index contributed by atoms with van der Waals surface area (Å²) in [5, 5.41) is 6.80. The van der Waals surface area contributed by atoms with Crippen molar-refractivity contribution in [3.8, 4) is 5.69 Å². The highest BCUT2D eigenvalue weighted by atomic mass is 32.2. The van der Waals surface area contributed by atoms with E-state index in [1.54, 1.807) is 35.3 Å². The minimum atomic E-state index is -3.72. The maximum atomic E-state index is 13.0. The normalized spacial score (nSPS) is 11.6. The van der Waals surface area contributed by atoms with Crippen LogP contribution in [0.5, 0.6) is 0 Å². The molecule has 0 saturated carbocycles. The molecule has 10 heteroatoms. The number of nitrogens with one attached hydrogen (secondary N) is 1. The number of amides is 1. The van der Waals surface area contributed by atoms with E-state index in [1.165, 1.54) is 25.5 Å². The van der Waals surface area contributed by atoms with Crippen LogP contribution in [0.15, 0.2) is 66.1 Å². The molecule has 1 N–H and O–H groups in total. The van der Waals surface area contributed by atoms with E-state index in [2.05, 4.69) is 15.4 Å². The summed E-state index contributed by atoms with van der Waals surface area (Å²) in [7, 11) is -2.29. The van der Waals surface area contributed by atoms with Gasteiger partial charge >= 0.3 is 0 Å². The van der Waals surface area contributed by atoms with Crippen molar-refractivity contribution < 1.29 is 17.6 Å². The molecule has 0 spiro atoms. The summed E-state index contributed by atoms with van der Waals surface area (Å²) >= 11 is 0. The first-order valence-corrected chi connectivity index (χ1v) is 10.3. The van der Waals surface area contributed by atoms with E-state index in [1.807, 2.05) is 0 Å². The lowest BCUT2D eigenvalue weighted by Gasteiger charge is -2.17. The van der Waals surface area contributed by atoms with E-state index < -0.39 is 15.8 Å². The van der Waals surface area contributed by atoms with Gasteiger partial charge in [0.15, 0.2) is 0 Å². The number of halogens is 1. The molecule has 0 aliphatic heterocycles. The van der Waals surface area contributed by atoms with Gasteiger partial charge in [-0.15, -0.1) is 0 Å². The summed E-state index contributed by atoms with van der Waals surface area (Å²) in [6, 6.07) is 11.7. The van der Waals surface area contributed by atoms with Gasteiger partial charge in [0.25, 0.3) is 0 Å². The van der Waals surface area contributed by atoms with Gasteiger partial charge in [-0.25, -0.2) is 26.8 Å². The third-order valence-corrected chi connectivity index (χ3v) is 6.10. The molecular weight excluding hydrogens is 397 g/mol. The van der Waals surface area contributed by atoms with Gasteiger partial charge in [-0.3, -0.25) is 4.79 Å². The Labute approximate surface area is 168 Å². The maximum Gasteiger partial charge on any atom is 0.242 e. The quantitative estimate of drug-likeness (QED) is 0.607. The molecule has 3 rings (SSSR count). The Bertz CT molecular complexity index is 1050. The van der Waals surface area contributed by atoms with Gasteiger partial charge in [-0.05, 0) is 55.0 Å². The van der Waals surface area contributed by atoms with Crippen LogP contribution in [0.3, 0.4) is 0 Å². The first-order chi connectivity index (χ1) is 13.9. The molecule has 0 aliphatic rings. The number of carbonyl (C=O) groups is 1. The lowest BCUT2D eigenvalue weighted by atomic mass is 10.2. The Hall–Kier alpha value is -3.11. The van der Waals surface area contributed by atoms with Crippen molar-refractivity contribution in [2.24, 2.45) is 0 Å². The summed E-state index contributed by atoms with van der Waals surface area (Å²) in [4.78, 5) is 16.0. The standard InChI is InChI=1S/C19H20FN5O3S/c1-24(29(27,28)18-10-4-15(20)5-11-18)12-2-3-19(26)23-16-6-8-17(9-7-16)25-14-21-13-22-25/h4-11,13-14H,2-3,12H2,1H3,(H,23,26). The first-order valence-electron chi connectivity index (χ1n) is 8.83. The minimum Gasteiger partial charge on any atom is -0.326 e. The lowest BCUT2D eigenvalue weighted by molar-refractivity contribution is -0.116. The van der Waals surface area contributed by atoms with E-state index in [9.17, 15) is 17.6 Å². The van der Waals surface area contributed by atoms with Gasteiger partial charge in [0.05, 0.1) is 10.6 Å². The number of sulfonamides is 1. The van der Waals surface area contributed by atoms with Crippen LogP contribution in [-0.4, -0.2) is 47.0 Å². The molecule has 0 bridgehead atoms. The molecule has 0 unspecified atom stereocenters. The van der Waals surface area contributed by atoms with Crippen molar-refractivity contribution in [2.45, 2.75) is 17.7 Å². The highest BCUT2D eigenvalue weighted by Crippen LogP contribution is 2.16. The number of anilines is 1. The fraction of sp³-hybridized carbons (Fsp3) is 0.211. The average molecular weight is 417 g/mol. The minimum absolute atomic E-state index is 0.0123. The van der Waals surface area contributed by atoms with Crippen LogP contribution < -0.4 is 5.32 Å². The van der Waals surface area contributed by atoms with E-state index >= 15 is 0 Å². The van der Waals surface area contributed by atoms with Crippen molar-refractivity contribution in [2.75, 3.05) is 18.9 Å². The van der Waals surface area contributed by atoms with Crippen LogP contribution >= 0.6 is 0 Å². The summed E-state index contributed by atoms with van der Waals surface area (Å²) in [6.07, 6.45) is 3.51. The fourth-order valence-electron chi connectivity index (χ4n) is 2.63. The van der Waals surface area contributed by atoms with Gasteiger partial charge in [-0.2, -0.15) is 5.10 Å². The summed E-state index contributed by atoms with van der Waals surface area (Å²) in [6.45, 7) is 0.165. The number of hydrogen-bond acceptors (Lipinski definition) is 5. The van der Waals surface area contributed by atoms with E-state index in [0.29, 0.717) is 12.1 Å². The van der Waals surface area contributed by atoms with Crippen molar-refractivity contribution >= 4 is 21.6 Å². The second kappa shape index (κ2) is 8.93. The van der Waals surface area contributed by atoms with Gasteiger partial charge in [-0.1, -0.05) is 0 Å². The molecule has 3 aromatic rings. The average Bonchev–Trinajstić information content (AvgIpc) is 3.23. The molecule has 29 heavy (non-hydrogen) atoms. The second-order valence-corrected chi connectivity index (χ2v) is 8.36. The summed E-state index contributed by atoms with van der Waals surface area (Å²) in [5.41, 5.74) is 1.44. The third-order valence-electron chi connectivity index (χ3n) is 4.23. The van der Waals surface area contributed by atoms with Crippen molar-refractivity contribution in [1.29, 1.82) is 0 Å². The zero-order valence-electron chi connectivity index (χ0n) is 15.7. The third kappa shape index (κ3) is 5.24. The van der Waals surface area contributed by atoms with Gasteiger partial charge in [0, 0.05) is 25.7 Å². The number of hydrogen-bond donors (Lipinski definition) is 1. The maximum absolute atomic E-state index is 13.0. The molecule has 1 aromatic heterocycles. The van der Waals surface area contributed by atoms with Crippen LogP contribution in [-0.2, 0) is 14.8 Å². The monoisotopic (exact) mass is 417 g/mol. The zero-order valence-corrected chi connectivity index (χ0v) is 16.5. The van der Waals surface area contributed by atoms with Crippen LogP contribution in [0.4, 0.5) is 10.1 Å². The zero-order chi connectivity index (χ0) is 20.9. The molecule has 1 amide bonds. The SMILES string of the molecule is CN(CCCC(=O)Nc1ccc(-n2cncn2)cc1)S(=O)(=O)c1ccc(F)cc1. The predicted molar refractivity (Wildman–Crippen MR) is 105 cm³/mol. The van der Waals surface area contributed by atoms with E-state index in [0.717, 1.165) is 22.1 Å². The van der Waals surface area contributed by atoms with Crippen molar-refractivity contribution in [3.63, 3.8) is 0 Å². The molecule has 0 saturated heterocycles. The number of aromatic nitrogens is 3. The van der Waals surface area contributed by atoms with Gasteiger partial charge in [0.1, 0.15) is 18.5 Å². The van der Waals surface area contributed by atoms with Crippen molar-refractivity contribution in [3.05, 3.63) is 67.0 Å². The predicted octanol–water partition coefficient (Wildman–Crippen LogP) is 2.45. The van der Waals surface area contributed by atoms with Gasteiger partial charge in [0.2, 0.25) is 15.9 Å². The van der Waals surface area contributed by atoms with Crippen LogP contribution in [0.1, 0.15) is 12.8 Å². The second-order valence-electron chi connectivity index (χ2n) is 6.32. The Morgan fingerprint density at radius 1 is 1.14 bits per heavy atom. The van der Waals surface area contributed by atoms with Crippen molar-refractivity contribution in [1.82, 2.24) is 19.1 Å².